The molecule has 1 amide bonds. The van der Waals surface area contributed by atoms with E-state index in [2.05, 4.69) is 10.4 Å². The molecule has 1 aromatic carbocycles. The van der Waals surface area contributed by atoms with Crippen molar-refractivity contribution in [2.45, 2.75) is 26.4 Å². The molecule has 0 fully saturated rings. The van der Waals surface area contributed by atoms with Crippen molar-refractivity contribution in [2.75, 3.05) is 6.54 Å². The number of hydrogen-bond donors (Lipinski definition) is 2. The van der Waals surface area contributed by atoms with Crippen molar-refractivity contribution in [3.8, 4) is 5.69 Å². The van der Waals surface area contributed by atoms with Gasteiger partial charge >= 0.3 is 0 Å². The summed E-state index contributed by atoms with van der Waals surface area (Å²) < 4.78 is 14.7. The van der Waals surface area contributed by atoms with Gasteiger partial charge in [0.15, 0.2) is 0 Å². The van der Waals surface area contributed by atoms with E-state index in [4.69, 9.17) is 0 Å². The van der Waals surface area contributed by atoms with Crippen LogP contribution in [0.25, 0.3) is 5.69 Å². The van der Waals surface area contributed by atoms with Crippen molar-refractivity contribution in [2.24, 2.45) is 5.92 Å². The minimum atomic E-state index is -0.607. The third-order valence-electron chi connectivity index (χ3n) is 3.61. The number of halogens is 1. The highest BCUT2D eigenvalue weighted by molar-refractivity contribution is 5.92. The molecule has 0 aliphatic heterocycles. The number of aliphatic hydroxyl groups is 1. The van der Waals surface area contributed by atoms with E-state index in [0.717, 1.165) is 10.7 Å². The number of nitrogens with one attached hydrogen (secondary N) is 1. The predicted molar refractivity (Wildman–Crippen MR) is 87.6 cm³/mol. The molecule has 7 heteroatoms. The van der Waals surface area contributed by atoms with E-state index in [1.54, 1.807) is 6.07 Å². The Bertz CT molecular complexity index is 774. The molecule has 0 radical (unpaired) electrons. The van der Waals surface area contributed by atoms with Gasteiger partial charge in [-0.05, 0) is 30.5 Å². The summed E-state index contributed by atoms with van der Waals surface area (Å²) in [4.78, 5) is 24.0. The molecule has 1 atom stereocenters. The summed E-state index contributed by atoms with van der Waals surface area (Å²) in [5.74, 6) is -0.997. The lowest BCUT2D eigenvalue weighted by Gasteiger charge is -2.14. The molecule has 2 rings (SSSR count). The largest absolute Gasteiger partial charge is 0.393 e. The number of para-hydroxylation sites is 1. The van der Waals surface area contributed by atoms with Crippen LogP contribution in [0.5, 0.6) is 0 Å². The number of benzene rings is 1. The topological polar surface area (TPSA) is 84.2 Å². The van der Waals surface area contributed by atoms with Gasteiger partial charge in [0, 0.05) is 12.6 Å². The van der Waals surface area contributed by atoms with Crippen LogP contribution in [-0.2, 0) is 0 Å². The number of aromatic nitrogens is 2. The lowest BCUT2D eigenvalue weighted by atomic mass is 10.0. The molecule has 0 bridgehead atoms. The summed E-state index contributed by atoms with van der Waals surface area (Å²) in [5, 5.41) is 16.3. The van der Waals surface area contributed by atoms with Crippen LogP contribution in [-0.4, -0.2) is 33.4 Å². The van der Waals surface area contributed by atoms with Crippen molar-refractivity contribution in [3.05, 3.63) is 58.3 Å². The van der Waals surface area contributed by atoms with Crippen molar-refractivity contribution < 1.29 is 14.3 Å². The maximum atomic E-state index is 13.8. The molecule has 24 heavy (non-hydrogen) atoms. The minimum Gasteiger partial charge on any atom is -0.393 e. The summed E-state index contributed by atoms with van der Waals surface area (Å²) in [6, 6.07) is 8.15. The van der Waals surface area contributed by atoms with Gasteiger partial charge in [0.2, 0.25) is 0 Å². The third-order valence-corrected chi connectivity index (χ3v) is 3.61. The van der Waals surface area contributed by atoms with Crippen molar-refractivity contribution in [3.63, 3.8) is 0 Å². The first kappa shape index (κ1) is 17.8. The second-order valence-corrected chi connectivity index (χ2v) is 5.78. The Morgan fingerprint density at radius 3 is 2.67 bits per heavy atom. The van der Waals surface area contributed by atoms with Gasteiger partial charge in [-0.15, -0.1) is 0 Å². The molecule has 6 nitrogen and oxygen atoms in total. The fourth-order valence-electron chi connectivity index (χ4n) is 2.09. The van der Waals surface area contributed by atoms with Gasteiger partial charge in [0.05, 0.1) is 6.10 Å². The molecule has 1 aromatic heterocycles. The molecule has 0 aliphatic carbocycles. The Hall–Kier alpha value is -2.54. The second kappa shape index (κ2) is 7.83. The van der Waals surface area contributed by atoms with Crippen LogP contribution in [0.4, 0.5) is 4.39 Å². The first-order valence-electron chi connectivity index (χ1n) is 7.71. The summed E-state index contributed by atoms with van der Waals surface area (Å²) in [6.45, 7) is 4.05. The van der Waals surface area contributed by atoms with E-state index in [1.807, 2.05) is 13.8 Å². The smallest absolute Gasteiger partial charge is 0.271 e. The van der Waals surface area contributed by atoms with Crippen LogP contribution in [0, 0.1) is 11.7 Å². The normalized spacial score (nSPS) is 12.2. The van der Waals surface area contributed by atoms with Crippen molar-refractivity contribution >= 4 is 5.91 Å². The Labute approximate surface area is 138 Å². The van der Waals surface area contributed by atoms with Crippen molar-refractivity contribution in [1.82, 2.24) is 15.1 Å². The second-order valence-electron chi connectivity index (χ2n) is 5.78. The van der Waals surface area contributed by atoms with Gasteiger partial charge in [-0.1, -0.05) is 26.0 Å². The maximum absolute atomic E-state index is 13.8. The van der Waals surface area contributed by atoms with E-state index in [0.29, 0.717) is 6.42 Å². The van der Waals surface area contributed by atoms with E-state index >= 15 is 0 Å². The number of carbonyl (C=O) groups excluding carboxylic acids is 1. The number of aliphatic hydroxyl groups excluding tert-OH is 1. The Balaban J connectivity index is 2.15. The fourth-order valence-corrected chi connectivity index (χ4v) is 2.09. The molecule has 0 spiro atoms. The summed E-state index contributed by atoms with van der Waals surface area (Å²) >= 11 is 0. The lowest BCUT2D eigenvalue weighted by molar-refractivity contribution is 0.0914. The first-order valence-corrected chi connectivity index (χ1v) is 7.71. The highest BCUT2D eigenvalue weighted by Crippen LogP contribution is 2.09. The van der Waals surface area contributed by atoms with E-state index in [-0.39, 0.29) is 23.8 Å². The number of rotatable bonds is 6. The zero-order valence-corrected chi connectivity index (χ0v) is 13.6. The van der Waals surface area contributed by atoms with Crippen LogP contribution >= 0.6 is 0 Å². The number of nitrogens with zero attached hydrogens (tertiary/aromatic N) is 2. The van der Waals surface area contributed by atoms with E-state index in [1.165, 1.54) is 24.3 Å². The van der Waals surface area contributed by atoms with Crippen molar-refractivity contribution in [1.29, 1.82) is 0 Å². The van der Waals surface area contributed by atoms with E-state index < -0.39 is 23.4 Å². The van der Waals surface area contributed by atoms with Gasteiger partial charge < -0.3 is 10.4 Å². The van der Waals surface area contributed by atoms with Gasteiger partial charge in [0.1, 0.15) is 17.2 Å². The zero-order chi connectivity index (χ0) is 17.7. The van der Waals surface area contributed by atoms with Crippen LogP contribution < -0.4 is 10.9 Å². The third kappa shape index (κ3) is 4.26. The lowest BCUT2D eigenvalue weighted by Crippen LogP contribution is -2.31. The standard InChI is InChI=1S/C17H20FN3O3/c1-11(2)15(22)9-10-19-17(24)13-7-8-16(23)21(20-13)14-6-4-3-5-12(14)18/h3-8,11,15,22H,9-10H2,1-2H3,(H,19,24). The molecular weight excluding hydrogens is 313 g/mol. The van der Waals surface area contributed by atoms with Gasteiger partial charge in [0.25, 0.3) is 11.5 Å². The highest BCUT2D eigenvalue weighted by Gasteiger charge is 2.14. The fraction of sp³-hybridized carbons (Fsp3) is 0.353. The quantitative estimate of drug-likeness (QED) is 0.839. The monoisotopic (exact) mass is 333 g/mol. The van der Waals surface area contributed by atoms with Gasteiger partial charge in [-0.3, -0.25) is 9.59 Å². The minimum absolute atomic E-state index is 0.00288. The van der Waals surface area contributed by atoms with Crippen LogP contribution in [0.15, 0.2) is 41.2 Å². The number of hydrogen-bond acceptors (Lipinski definition) is 4. The van der Waals surface area contributed by atoms with Crippen LogP contribution in [0.2, 0.25) is 0 Å². The van der Waals surface area contributed by atoms with Crippen LogP contribution in [0.3, 0.4) is 0 Å². The summed E-state index contributed by atoms with van der Waals surface area (Å²) in [6.07, 6.45) is -0.0956. The Morgan fingerprint density at radius 1 is 1.29 bits per heavy atom. The summed E-state index contributed by atoms with van der Waals surface area (Å²) in [7, 11) is 0. The molecule has 1 heterocycles. The number of amides is 1. The molecule has 0 aliphatic rings. The average Bonchev–Trinajstić information content (AvgIpc) is 2.55. The molecule has 128 valence electrons. The Kier molecular flexibility index (Phi) is 5.81. The maximum Gasteiger partial charge on any atom is 0.271 e. The van der Waals surface area contributed by atoms with E-state index in [9.17, 15) is 19.1 Å². The van der Waals surface area contributed by atoms with Gasteiger partial charge in [-0.2, -0.15) is 9.78 Å². The average molecular weight is 333 g/mol. The Morgan fingerprint density at radius 2 is 2.00 bits per heavy atom. The molecule has 0 saturated heterocycles. The number of carbonyl (C=O) groups is 1. The molecule has 1 unspecified atom stereocenters. The molecule has 0 saturated carbocycles. The zero-order valence-electron chi connectivity index (χ0n) is 13.6. The van der Waals surface area contributed by atoms with Crippen LogP contribution in [0.1, 0.15) is 30.8 Å². The summed E-state index contributed by atoms with van der Waals surface area (Å²) in [5.41, 5.74) is -0.559. The molecule has 2 N–H and O–H groups in total. The molecule has 2 aromatic rings. The SMILES string of the molecule is CC(C)C(O)CCNC(=O)c1ccc(=O)n(-c2ccccc2F)n1. The highest BCUT2D eigenvalue weighted by atomic mass is 19.1. The molecular formula is C17H20FN3O3. The van der Waals surface area contributed by atoms with Gasteiger partial charge in [-0.25, -0.2) is 4.39 Å². The first-order chi connectivity index (χ1) is 11.4. The predicted octanol–water partition coefficient (Wildman–Crippen LogP) is 1.51.